The zero-order valence-corrected chi connectivity index (χ0v) is 13.9. The van der Waals surface area contributed by atoms with Crippen molar-refractivity contribution in [3.63, 3.8) is 0 Å². The molecule has 0 aliphatic carbocycles. The Morgan fingerprint density at radius 1 is 1.04 bits per heavy atom. The van der Waals surface area contributed by atoms with Crippen LogP contribution in [0.25, 0.3) is 0 Å². The molecule has 5 atom stereocenters. The molecular formula is C14H16F3NO8. The summed E-state index contributed by atoms with van der Waals surface area (Å²) in [6.07, 6.45) is -10.4. The third kappa shape index (κ3) is 4.62. The van der Waals surface area contributed by atoms with Gasteiger partial charge in [0, 0.05) is 20.8 Å². The molecule has 0 aromatic heterocycles. The van der Waals surface area contributed by atoms with E-state index in [2.05, 4.69) is 9.73 Å². The lowest BCUT2D eigenvalue weighted by atomic mass is 9.97. The van der Waals surface area contributed by atoms with Gasteiger partial charge in [-0.25, -0.2) is 4.99 Å². The van der Waals surface area contributed by atoms with Gasteiger partial charge in [0.25, 0.3) is 5.90 Å². The second-order valence-electron chi connectivity index (χ2n) is 5.53. The maximum atomic E-state index is 12.9. The summed E-state index contributed by atoms with van der Waals surface area (Å²) < 4.78 is 63.5. The van der Waals surface area contributed by atoms with Crippen LogP contribution >= 0.6 is 0 Å². The summed E-state index contributed by atoms with van der Waals surface area (Å²) in [6.45, 7) is 2.72. The number of hydrogen-bond donors (Lipinski definition) is 0. The molecule has 2 heterocycles. The maximum absolute atomic E-state index is 12.9. The number of ether oxygens (including phenoxy) is 5. The Hall–Kier alpha value is -2.37. The van der Waals surface area contributed by atoms with Gasteiger partial charge in [-0.2, -0.15) is 13.2 Å². The highest BCUT2D eigenvalue weighted by Crippen LogP contribution is 2.35. The predicted molar refractivity (Wildman–Crippen MR) is 74.8 cm³/mol. The molecule has 1 saturated heterocycles. The predicted octanol–water partition coefficient (Wildman–Crippen LogP) is 0.497. The Kier molecular flexibility index (Phi) is 5.74. The summed E-state index contributed by atoms with van der Waals surface area (Å²) in [5, 5.41) is 0. The first-order valence-electron chi connectivity index (χ1n) is 7.44. The number of nitrogens with zero attached hydrogens (tertiary/aromatic N) is 1. The van der Waals surface area contributed by atoms with Crippen LogP contribution in [0.5, 0.6) is 0 Å². The first-order valence-corrected chi connectivity index (χ1v) is 7.44. The normalized spacial score (nSPS) is 30.5. The summed E-state index contributed by atoms with van der Waals surface area (Å²) in [5.74, 6) is -3.89. The van der Waals surface area contributed by atoms with E-state index in [1.165, 1.54) is 0 Å². The minimum atomic E-state index is -4.89. The van der Waals surface area contributed by atoms with Crippen LogP contribution in [0.4, 0.5) is 13.2 Å². The van der Waals surface area contributed by atoms with Gasteiger partial charge in [0.1, 0.15) is 12.7 Å². The van der Waals surface area contributed by atoms with Crippen molar-refractivity contribution >= 4 is 23.8 Å². The zero-order chi connectivity index (χ0) is 19.6. The van der Waals surface area contributed by atoms with Crippen LogP contribution in [0.15, 0.2) is 4.99 Å². The summed E-state index contributed by atoms with van der Waals surface area (Å²) in [6, 6.07) is -1.41. The van der Waals surface area contributed by atoms with E-state index >= 15 is 0 Å². The highest BCUT2D eigenvalue weighted by Gasteiger charge is 2.57. The number of hydrogen-bond acceptors (Lipinski definition) is 9. The molecule has 1 fully saturated rings. The fraction of sp³-hybridized carbons (Fsp3) is 0.714. The lowest BCUT2D eigenvalue weighted by Crippen LogP contribution is -2.60. The SMILES string of the molecule is CC(=O)OC[C@H]1O[C@@H]2OC(C(F)(F)F)=N[C@@H]2[C@@H](OC(C)=O)[C@@H]1OC(C)=O. The van der Waals surface area contributed by atoms with Crippen LogP contribution in [-0.2, 0) is 38.1 Å². The lowest BCUT2D eigenvalue weighted by molar-refractivity contribution is -0.251. The number of carbonyl (C=O) groups is 3. The van der Waals surface area contributed by atoms with E-state index < -0.39 is 67.2 Å². The number of fused-ring (bicyclic) bond motifs is 1. The van der Waals surface area contributed by atoms with E-state index in [1.54, 1.807) is 0 Å². The van der Waals surface area contributed by atoms with Crippen LogP contribution in [0, 0.1) is 0 Å². The Balaban J connectivity index is 2.34. The third-order valence-corrected chi connectivity index (χ3v) is 3.41. The van der Waals surface area contributed by atoms with Crippen molar-refractivity contribution in [2.45, 2.75) is 57.6 Å². The van der Waals surface area contributed by atoms with Gasteiger partial charge in [-0.3, -0.25) is 14.4 Å². The molecule has 2 aliphatic heterocycles. The van der Waals surface area contributed by atoms with E-state index in [0.717, 1.165) is 20.8 Å². The van der Waals surface area contributed by atoms with Gasteiger partial charge in [0.05, 0.1) is 0 Å². The molecule has 0 saturated carbocycles. The van der Waals surface area contributed by atoms with Gasteiger partial charge in [0.15, 0.2) is 18.2 Å². The first-order chi connectivity index (χ1) is 12.0. The topological polar surface area (TPSA) is 110 Å². The van der Waals surface area contributed by atoms with Crippen molar-refractivity contribution in [1.29, 1.82) is 0 Å². The summed E-state index contributed by atoms with van der Waals surface area (Å²) in [5.41, 5.74) is 0. The van der Waals surface area contributed by atoms with Crippen LogP contribution < -0.4 is 0 Å². The van der Waals surface area contributed by atoms with Crippen molar-refractivity contribution in [1.82, 2.24) is 0 Å². The molecule has 12 heteroatoms. The van der Waals surface area contributed by atoms with Gasteiger partial charge in [0.2, 0.25) is 6.29 Å². The smallest absolute Gasteiger partial charge is 0.463 e. The summed E-state index contributed by atoms with van der Waals surface area (Å²) >= 11 is 0. The molecule has 0 aromatic carbocycles. The van der Waals surface area contributed by atoms with Crippen molar-refractivity contribution in [3.8, 4) is 0 Å². The van der Waals surface area contributed by atoms with Crippen molar-refractivity contribution in [3.05, 3.63) is 0 Å². The molecule has 26 heavy (non-hydrogen) atoms. The van der Waals surface area contributed by atoms with E-state index in [9.17, 15) is 27.6 Å². The quantitative estimate of drug-likeness (QED) is 0.510. The lowest BCUT2D eigenvalue weighted by Gasteiger charge is -2.40. The van der Waals surface area contributed by atoms with Crippen LogP contribution in [-0.4, -0.2) is 67.2 Å². The van der Waals surface area contributed by atoms with E-state index in [1.807, 2.05) is 0 Å². The molecule has 2 aliphatic rings. The van der Waals surface area contributed by atoms with Gasteiger partial charge < -0.3 is 23.7 Å². The van der Waals surface area contributed by atoms with E-state index in [0.29, 0.717) is 0 Å². The standard InChI is InChI=1S/C14H16F3NO8/c1-5(19)22-4-8-10(23-6(2)20)11(24-7(3)21)9-12(25-8)26-13(18-9)14(15,16)17/h8-12H,4H2,1-3H3/t8-,9-,10-,11-,12-/m1/s1. The number of carbonyl (C=O) groups excluding carboxylic acids is 3. The number of aliphatic imine (C=N–C) groups is 1. The number of esters is 3. The Labute approximate surface area is 145 Å². The third-order valence-electron chi connectivity index (χ3n) is 3.41. The first kappa shape index (κ1) is 19.9. The summed E-state index contributed by atoms with van der Waals surface area (Å²) in [4.78, 5) is 37.1. The minimum absolute atomic E-state index is 0.459. The largest absolute Gasteiger partial charge is 0.468 e. The molecule has 0 spiro atoms. The molecule has 0 N–H and O–H groups in total. The van der Waals surface area contributed by atoms with Gasteiger partial charge in [-0.1, -0.05) is 0 Å². The molecule has 9 nitrogen and oxygen atoms in total. The highest BCUT2D eigenvalue weighted by atomic mass is 19.4. The number of halogens is 3. The van der Waals surface area contributed by atoms with Crippen LogP contribution in [0.2, 0.25) is 0 Å². The van der Waals surface area contributed by atoms with E-state index in [4.69, 9.17) is 18.9 Å². The number of alkyl halides is 3. The van der Waals surface area contributed by atoms with Crippen molar-refractivity contribution in [2.75, 3.05) is 6.61 Å². The van der Waals surface area contributed by atoms with Crippen LogP contribution in [0.3, 0.4) is 0 Å². The van der Waals surface area contributed by atoms with Crippen LogP contribution in [0.1, 0.15) is 20.8 Å². The van der Waals surface area contributed by atoms with Crippen molar-refractivity contribution in [2.24, 2.45) is 4.99 Å². The Morgan fingerprint density at radius 3 is 2.12 bits per heavy atom. The van der Waals surface area contributed by atoms with Gasteiger partial charge >= 0.3 is 24.1 Å². The fourth-order valence-electron chi connectivity index (χ4n) is 2.54. The molecule has 0 radical (unpaired) electrons. The van der Waals surface area contributed by atoms with E-state index in [-0.39, 0.29) is 0 Å². The average molecular weight is 383 g/mol. The molecule has 0 amide bonds. The second-order valence-corrected chi connectivity index (χ2v) is 5.53. The Morgan fingerprint density at radius 2 is 1.62 bits per heavy atom. The molecule has 0 unspecified atom stereocenters. The monoisotopic (exact) mass is 383 g/mol. The van der Waals surface area contributed by atoms with Crippen molar-refractivity contribution < 1.29 is 51.2 Å². The maximum Gasteiger partial charge on any atom is 0.468 e. The average Bonchev–Trinajstić information content (AvgIpc) is 2.90. The highest BCUT2D eigenvalue weighted by molar-refractivity contribution is 5.83. The molecule has 2 rings (SSSR count). The Bertz CT molecular complexity index is 620. The second kappa shape index (κ2) is 7.48. The molecular weight excluding hydrogens is 367 g/mol. The molecule has 0 bridgehead atoms. The number of rotatable bonds is 4. The minimum Gasteiger partial charge on any atom is -0.463 e. The molecule has 0 aromatic rings. The zero-order valence-electron chi connectivity index (χ0n) is 13.9. The van der Waals surface area contributed by atoms with Gasteiger partial charge in [-0.05, 0) is 0 Å². The molecule has 146 valence electrons. The fourth-order valence-corrected chi connectivity index (χ4v) is 2.54. The van der Waals surface area contributed by atoms with Gasteiger partial charge in [-0.15, -0.1) is 0 Å². The summed E-state index contributed by atoms with van der Waals surface area (Å²) in [7, 11) is 0.